The monoisotopic (exact) mass is 429 g/mol. The van der Waals surface area contributed by atoms with Gasteiger partial charge in [-0.2, -0.15) is 5.10 Å². The third kappa shape index (κ3) is 4.23. The maximum absolute atomic E-state index is 13.6. The van der Waals surface area contributed by atoms with Crippen LogP contribution >= 0.6 is 0 Å². The molecule has 2 aliphatic heterocycles. The minimum atomic E-state index is -0.523. The molecule has 0 bridgehead atoms. The van der Waals surface area contributed by atoms with Gasteiger partial charge in [0.05, 0.1) is 20.4 Å². The van der Waals surface area contributed by atoms with Crippen molar-refractivity contribution >= 4 is 17.8 Å². The topological polar surface area (TPSA) is 100.0 Å². The van der Waals surface area contributed by atoms with Crippen LogP contribution in [-0.2, 0) is 16.1 Å². The lowest BCUT2D eigenvalue weighted by atomic mass is 10.0. The van der Waals surface area contributed by atoms with Crippen molar-refractivity contribution in [1.29, 1.82) is 0 Å². The average molecular weight is 429 g/mol. The zero-order chi connectivity index (χ0) is 21.8. The van der Waals surface area contributed by atoms with Gasteiger partial charge in [-0.1, -0.05) is 23.4 Å². The van der Waals surface area contributed by atoms with Crippen LogP contribution in [0.4, 0.5) is 4.39 Å². The number of amides is 1. The van der Waals surface area contributed by atoms with Gasteiger partial charge in [0.15, 0.2) is 11.5 Å². The normalized spacial score (nSPS) is 16.7. The number of carbonyl (C=O) groups is 1. The predicted octanol–water partition coefficient (Wildman–Crippen LogP) is 2.41. The molecule has 0 spiro atoms. The first-order chi connectivity index (χ1) is 15.1. The van der Waals surface area contributed by atoms with Crippen molar-refractivity contribution in [1.82, 2.24) is 5.43 Å². The van der Waals surface area contributed by atoms with Crippen LogP contribution in [0.2, 0.25) is 0 Å². The lowest BCUT2D eigenvalue weighted by Gasteiger charge is -2.15. The van der Waals surface area contributed by atoms with Gasteiger partial charge < -0.3 is 23.8 Å². The molecule has 31 heavy (non-hydrogen) atoms. The summed E-state index contributed by atoms with van der Waals surface area (Å²) in [6.07, 6.45) is 1.50. The molecule has 0 saturated carbocycles. The lowest BCUT2D eigenvalue weighted by molar-refractivity contribution is -0.114. The van der Waals surface area contributed by atoms with Gasteiger partial charge in [-0.25, -0.2) is 9.82 Å². The summed E-state index contributed by atoms with van der Waals surface area (Å²) in [5.41, 5.74) is 3.54. The van der Waals surface area contributed by atoms with Crippen LogP contribution < -0.4 is 24.4 Å². The maximum Gasteiger partial charge on any atom is 0.289 e. The molecular weight excluding hydrogens is 409 g/mol. The minimum absolute atomic E-state index is 0.0757. The first-order valence-electron chi connectivity index (χ1n) is 9.44. The van der Waals surface area contributed by atoms with E-state index in [2.05, 4.69) is 15.7 Å². The second kappa shape index (κ2) is 8.90. The fourth-order valence-electron chi connectivity index (χ4n) is 3.31. The molecule has 1 amide bonds. The number of hydrogen-bond acceptors (Lipinski definition) is 8. The van der Waals surface area contributed by atoms with E-state index < -0.39 is 17.8 Å². The first kappa shape index (κ1) is 20.5. The van der Waals surface area contributed by atoms with Gasteiger partial charge in [-0.3, -0.25) is 4.79 Å². The largest absolute Gasteiger partial charge is 0.493 e. The van der Waals surface area contributed by atoms with E-state index in [0.717, 1.165) is 5.56 Å². The van der Waals surface area contributed by atoms with Crippen LogP contribution in [0.3, 0.4) is 0 Å². The lowest BCUT2D eigenvalue weighted by Crippen LogP contribution is -2.27. The van der Waals surface area contributed by atoms with Crippen LogP contribution in [-0.4, -0.2) is 44.9 Å². The van der Waals surface area contributed by atoms with Crippen LogP contribution in [0.1, 0.15) is 17.5 Å². The Hall–Kier alpha value is -3.82. The van der Waals surface area contributed by atoms with Crippen LogP contribution in [0.25, 0.3) is 0 Å². The van der Waals surface area contributed by atoms with E-state index in [1.54, 1.807) is 24.3 Å². The van der Waals surface area contributed by atoms with Crippen LogP contribution in [0.15, 0.2) is 40.6 Å². The van der Waals surface area contributed by atoms with E-state index >= 15 is 0 Å². The molecule has 0 aromatic heterocycles. The number of benzene rings is 2. The van der Waals surface area contributed by atoms with Gasteiger partial charge in [0.1, 0.15) is 17.6 Å². The molecule has 0 aliphatic carbocycles. The van der Waals surface area contributed by atoms with E-state index in [1.807, 2.05) is 0 Å². The maximum atomic E-state index is 13.6. The fourth-order valence-corrected chi connectivity index (χ4v) is 3.31. The molecule has 2 aliphatic rings. The van der Waals surface area contributed by atoms with Crippen molar-refractivity contribution in [2.45, 2.75) is 18.9 Å². The summed E-state index contributed by atoms with van der Waals surface area (Å²) in [6, 6.07) is 7.88. The van der Waals surface area contributed by atoms with Gasteiger partial charge in [0.25, 0.3) is 5.91 Å². The zero-order valence-corrected chi connectivity index (χ0v) is 16.9. The van der Waals surface area contributed by atoms with E-state index in [9.17, 15) is 9.18 Å². The Morgan fingerprint density at radius 3 is 2.87 bits per heavy atom. The number of hydrazone groups is 1. The highest BCUT2D eigenvalue weighted by molar-refractivity contribution is 6.39. The molecule has 10 heteroatoms. The Morgan fingerprint density at radius 1 is 1.29 bits per heavy atom. The van der Waals surface area contributed by atoms with Crippen LogP contribution in [0, 0.1) is 5.82 Å². The number of fused-ring (bicyclic) bond motifs is 1. The number of halogens is 1. The molecule has 2 aromatic carbocycles. The molecule has 2 heterocycles. The standard InChI is InChI=1S/C21H20FN3O6/c1-27-17-8-13(18(28-2)20-19(17)29-11-30-20)7-14-9-16(25-31-14)21(26)24-23-10-12-5-3-4-6-15(12)22/h3-6,8,10,14H,7,9,11H2,1-2H3,(H,24,26)/b23-10+. The van der Waals surface area contributed by atoms with Gasteiger partial charge in [0.2, 0.25) is 18.3 Å². The molecule has 0 radical (unpaired) electrons. The number of carbonyl (C=O) groups excluding carboxylic acids is 1. The number of oxime groups is 1. The number of rotatable bonds is 7. The van der Waals surface area contributed by atoms with E-state index in [1.165, 1.54) is 26.5 Å². The fraction of sp³-hybridized carbons (Fsp3) is 0.286. The molecule has 0 fully saturated rings. The van der Waals surface area contributed by atoms with Crippen LogP contribution in [0.5, 0.6) is 23.0 Å². The third-order valence-electron chi connectivity index (χ3n) is 4.78. The minimum Gasteiger partial charge on any atom is -0.493 e. The summed E-state index contributed by atoms with van der Waals surface area (Å²) >= 11 is 0. The summed E-state index contributed by atoms with van der Waals surface area (Å²) in [5, 5.41) is 7.63. The Bertz CT molecular complexity index is 1060. The van der Waals surface area contributed by atoms with Crippen molar-refractivity contribution in [2.75, 3.05) is 21.0 Å². The van der Waals surface area contributed by atoms with E-state index in [4.69, 9.17) is 23.8 Å². The van der Waals surface area contributed by atoms with Crippen molar-refractivity contribution in [3.8, 4) is 23.0 Å². The Labute approximate surface area is 177 Å². The molecule has 4 rings (SSSR count). The number of nitrogens with zero attached hydrogens (tertiary/aromatic N) is 2. The second-order valence-electron chi connectivity index (χ2n) is 6.73. The molecule has 1 unspecified atom stereocenters. The smallest absolute Gasteiger partial charge is 0.289 e. The van der Waals surface area contributed by atoms with Gasteiger partial charge in [0, 0.05) is 24.0 Å². The Morgan fingerprint density at radius 2 is 2.10 bits per heavy atom. The Kier molecular flexibility index (Phi) is 5.87. The summed E-state index contributed by atoms with van der Waals surface area (Å²) in [6.45, 7) is 0.0757. The molecule has 9 nitrogen and oxygen atoms in total. The summed E-state index contributed by atoms with van der Waals surface area (Å²) in [7, 11) is 3.07. The van der Waals surface area contributed by atoms with Crippen molar-refractivity contribution < 1.29 is 33.0 Å². The summed E-state index contributed by atoms with van der Waals surface area (Å²) in [4.78, 5) is 17.7. The number of hydrogen-bond donors (Lipinski definition) is 1. The molecule has 0 saturated heterocycles. The molecule has 1 N–H and O–H groups in total. The second-order valence-corrected chi connectivity index (χ2v) is 6.73. The number of nitrogens with one attached hydrogen (secondary N) is 1. The van der Waals surface area contributed by atoms with Crippen molar-refractivity contribution in [2.24, 2.45) is 10.3 Å². The van der Waals surface area contributed by atoms with Gasteiger partial charge >= 0.3 is 0 Å². The average Bonchev–Trinajstić information content (AvgIpc) is 3.44. The predicted molar refractivity (Wildman–Crippen MR) is 108 cm³/mol. The number of methoxy groups -OCH3 is 2. The first-order valence-corrected chi connectivity index (χ1v) is 9.44. The summed E-state index contributed by atoms with van der Waals surface area (Å²) < 4.78 is 35.4. The third-order valence-corrected chi connectivity index (χ3v) is 4.78. The summed E-state index contributed by atoms with van der Waals surface area (Å²) in [5.74, 6) is 1.03. The highest BCUT2D eigenvalue weighted by atomic mass is 19.1. The molecule has 162 valence electrons. The van der Waals surface area contributed by atoms with Crippen molar-refractivity contribution in [3.05, 3.63) is 47.3 Å². The van der Waals surface area contributed by atoms with Gasteiger partial charge in [-0.05, 0) is 12.1 Å². The Balaban J connectivity index is 1.39. The molecule has 1 atom stereocenters. The SMILES string of the molecule is COc1cc(CC2CC(C(=O)N/N=C/c3ccccc3F)=NO2)c(OC)c2c1OCO2. The molecule has 2 aromatic rings. The number of ether oxygens (including phenoxy) is 4. The van der Waals surface area contributed by atoms with Gasteiger partial charge in [-0.15, -0.1) is 0 Å². The highest BCUT2D eigenvalue weighted by Gasteiger charge is 2.31. The van der Waals surface area contributed by atoms with E-state index in [0.29, 0.717) is 29.4 Å². The van der Waals surface area contributed by atoms with Crippen molar-refractivity contribution in [3.63, 3.8) is 0 Å². The highest BCUT2D eigenvalue weighted by Crippen LogP contribution is 2.49. The zero-order valence-electron chi connectivity index (χ0n) is 16.9. The molecular formula is C21H20FN3O6. The quantitative estimate of drug-likeness (QED) is 0.536. The van der Waals surface area contributed by atoms with E-state index in [-0.39, 0.29) is 24.5 Å².